The van der Waals surface area contributed by atoms with Crippen LogP contribution in [0.2, 0.25) is 5.02 Å². The third-order valence-corrected chi connectivity index (χ3v) is 4.04. The van der Waals surface area contributed by atoms with Crippen molar-refractivity contribution in [2.45, 2.75) is 25.8 Å². The predicted molar refractivity (Wildman–Crippen MR) is 68.4 cm³/mol. The van der Waals surface area contributed by atoms with Gasteiger partial charge in [0, 0.05) is 11.5 Å². The molecule has 0 heterocycles. The fourth-order valence-corrected chi connectivity index (χ4v) is 2.47. The molecule has 0 aliphatic heterocycles. The number of ether oxygens (including phenoxy) is 1. The summed E-state index contributed by atoms with van der Waals surface area (Å²) in [5, 5.41) is 9.98. The number of rotatable bonds is 4. The summed E-state index contributed by atoms with van der Waals surface area (Å²) in [4.78, 5) is 0. The number of methoxy groups -OCH3 is 1. The molecule has 0 spiro atoms. The molecule has 0 aromatic heterocycles. The van der Waals surface area contributed by atoms with E-state index in [0.29, 0.717) is 10.8 Å². The highest BCUT2D eigenvalue weighted by Gasteiger charge is 2.48. The van der Waals surface area contributed by atoms with Crippen LogP contribution >= 0.6 is 11.6 Å². The van der Waals surface area contributed by atoms with Crippen molar-refractivity contribution in [1.82, 2.24) is 0 Å². The largest absolute Gasteiger partial charge is 0.495 e. The first-order valence-corrected chi connectivity index (χ1v) is 6.12. The standard InChI is InChI=1S/C13H18ClNO2/c1-8-5-11(17-2)10(14)6-9(8)12(15)13(7-16)3-4-13/h5-6,12,16H,3-4,7,15H2,1-2H3. The van der Waals surface area contributed by atoms with Crippen molar-refractivity contribution in [3.63, 3.8) is 0 Å². The molecule has 0 amide bonds. The van der Waals surface area contributed by atoms with Crippen LogP contribution in [0.5, 0.6) is 5.75 Å². The Labute approximate surface area is 107 Å². The minimum Gasteiger partial charge on any atom is -0.495 e. The Hall–Kier alpha value is -0.770. The monoisotopic (exact) mass is 255 g/mol. The number of aliphatic hydroxyl groups is 1. The van der Waals surface area contributed by atoms with Crippen LogP contribution < -0.4 is 10.5 Å². The van der Waals surface area contributed by atoms with Crippen LogP contribution in [0.3, 0.4) is 0 Å². The smallest absolute Gasteiger partial charge is 0.137 e. The van der Waals surface area contributed by atoms with Gasteiger partial charge in [0.05, 0.1) is 18.7 Å². The predicted octanol–water partition coefficient (Wildman–Crippen LogP) is 2.43. The van der Waals surface area contributed by atoms with Crippen molar-refractivity contribution in [3.8, 4) is 5.75 Å². The number of aliphatic hydroxyl groups excluding tert-OH is 1. The normalized spacial score (nSPS) is 18.9. The highest BCUT2D eigenvalue weighted by Crippen LogP contribution is 2.54. The van der Waals surface area contributed by atoms with Gasteiger partial charge in [-0.25, -0.2) is 0 Å². The van der Waals surface area contributed by atoms with E-state index in [1.54, 1.807) is 7.11 Å². The SMILES string of the molecule is COc1cc(C)c(C(N)C2(CO)CC2)cc1Cl. The molecule has 0 radical (unpaired) electrons. The number of halogens is 1. The summed E-state index contributed by atoms with van der Waals surface area (Å²) < 4.78 is 5.17. The van der Waals surface area contributed by atoms with Gasteiger partial charge >= 0.3 is 0 Å². The second-order valence-electron chi connectivity index (χ2n) is 4.84. The second kappa shape index (κ2) is 4.48. The molecule has 1 unspecified atom stereocenters. The minimum atomic E-state index is -0.157. The Morgan fingerprint density at radius 3 is 2.65 bits per heavy atom. The Balaban J connectivity index is 2.36. The Morgan fingerprint density at radius 2 is 2.18 bits per heavy atom. The van der Waals surface area contributed by atoms with Gasteiger partial charge in [-0.3, -0.25) is 0 Å². The molecule has 0 saturated heterocycles. The summed E-state index contributed by atoms with van der Waals surface area (Å²) >= 11 is 6.12. The van der Waals surface area contributed by atoms with E-state index in [2.05, 4.69) is 0 Å². The van der Waals surface area contributed by atoms with Crippen LogP contribution in [0.4, 0.5) is 0 Å². The number of nitrogens with two attached hydrogens (primary N) is 1. The van der Waals surface area contributed by atoms with Crippen molar-refractivity contribution in [2.24, 2.45) is 11.1 Å². The lowest BCUT2D eigenvalue weighted by atomic mass is 9.89. The van der Waals surface area contributed by atoms with Gasteiger partial charge in [-0.1, -0.05) is 11.6 Å². The van der Waals surface area contributed by atoms with Crippen LogP contribution in [0.1, 0.15) is 30.0 Å². The summed E-state index contributed by atoms with van der Waals surface area (Å²) in [6, 6.07) is 3.59. The van der Waals surface area contributed by atoms with E-state index in [4.69, 9.17) is 22.1 Å². The second-order valence-corrected chi connectivity index (χ2v) is 5.25. The van der Waals surface area contributed by atoms with E-state index in [9.17, 15) is 5.11 Å². The van der Waals surface area contributed by atoms with Crippen LogP contribution in [-0.2, 0) is 0 Å². The molecule has 1 aromatic rings. The topological polar surface area (TPSA) is 55.5 Å². The number of hydrogen-bond acceptors (Lipinski definition) is 3. The van der Waals surface area contributed by atoms with Gasteiger partial charge in [0.25, 0.3) is 0 Å². The molecule has 1 fully saturated rings. The van der Waals surface area contributed by atoms with Crippen LogP contribution in [0.15, 0.2) is 12.1 Å². The molecule has 4 heteroatoms. The molecule has 3 nitrogen and oxygen atoms in total. The average molecular weight is 256 g/mol. The zero-order chi connectivity index (χ0) is 12.6. The van der Waals surface area contributed by atoms with E-state index < -0.39 is 0 Å². The minimum absolute atomic E-state index is 0.136. The van der Waals surface area contributed by atoms with Gasteiger partial charge in [0.2, 0.25) is 0 Å². The van der Waals surface area contributed by atoms with E-state index in [1.165, 1.54) is 0 Å². The van der Waals surface area contributed by atoms with Gasteiger partial charge in [0.15, 0.2) is 0 Å². The first-order valence-electron chi connectivity index (χ1n) is 5.74. The third kappa shape index (κ3) is 2.15. The molecule has 3 N–H and O–H groups in total. The van der Waals surface area contributed by atoms with E-state index in [0.717, 1.165) is 24.0 Å². The van der Waals surface area contributed by atoms with Gasteiger partial charge in [-0.05, 0) is 43.0 Å². The molecule has 1 saturated carbocycles. The van der Waals surface area contributed by atoms with Gasteiger partial charge in [-0.2, -0.15) is 0 Å². The summed E-state index contributed by atoms with van der Waals surface area (Å²) in [5.41, 5.74) is 8.17. The lowest BCUT2D eigenvalue weighted by molar-refractivity contribution is 0.187. The number of aryl methyl sites for hydroxylation is 1. The summed E-state index contributed by atoms with van der Waals surface area (Å²) in [7, 11) is 1.59. The van der Waals surface area contributed by atoms with Crippen molar-refractivity contribution < 1.29 is 9.84 Å². The molecular formula is C13H18ClNO2. The molecule has 2 rings (SSSR count). The number of hydrogen-bond donors (Lipinski definition) is 2. The molecule has 1 aliphatic carbocycles. The lowest BCUT2D eigenvalue weighted by Gasteiger charge is -2.24. The van der Waals surface area contributed by atoms with Crippen molar-refractivity contribution in [3.05, 3.63) is 28.3 Å². The maximum atomic E-state index is 9.41. The van der Waals surface area contributed by atoms with Gasteiger partial charge < -0.3 is 15.6 Å². The summed E-state index contributed by atoms with van der Waals surface area (Å²) in [6.07, 6.45) is 1.96. The Kier molecular flexibility index (Phi) is 3.34. The van der Waals surface area contributed by atoms with E-state index in [1.807, 2.05) is 19.1 Å². The zero-order valence-corrected chi connectivity index (χ0v) is 10.9. The first kappa shape index (κ1) is 12.7. The fraction of sp³-hybridized carbons (Fsp3) is 0.538. The molecular weight excluding hydrogens is 238 g/mol. The highest BCUT2D eigenvalue weighted by atomic mass is 35.5. The van der Waals surface area contributed by atoms with Crippen molar-refractivity contribution in [1.29, 1.82) is 0 Å². The maximum absolute atomic E-state index is 9.41. The molecule has 1 aromatic carbocycles. The molecule has 17 heavy (non-hydrogen) atoms. The third-order valence-electron chi connectivity index (χ3n) is 3.74. The van der Waals surface area contributed by atoms with E-state index >= 15 is 0 Å². The fourth-order valence-electron chi connectivity index (χ4n) is 2.22. The average Bonchev–Trinajstić information content (AvgIpc) is 3.11. The highest BCUT2D eigenvalue weighted by molar-refractivity contribution is 6.32. The molecule has 94 valence electrons. The van der Waals surface area contributed by atoms with Gasteiger partial charge in [-0.15, -0.1) is 0 Å². The molecule has 0 bridgehead atoms. The van der Waals surface area contributed by atoms with Gasteiger partial charge in [0.1, 0.15) is 5.75 Å². The van der Waals surface area contributed by atoms with E-state index in [-0.39, 0.29) is 18.1 Å². The Bertz CT molecular complexity index is 430. The summed E-state index contributed by atoms with van der Waals surface area (Å²) in [6.45, 7) is 2.12. The quantitative estimate of drug-likeness (QED) is 0.869. The molecule has 1 atom stereocenters. The Morgan fingerprint density at radius 1 is 1.53 bits per heavy atom. The zero-order valence-electron chi connectivity index (χ0n) is 10.2. The first-order chi connectivity index (χ1) is 8.04. The lowest BCUT2D eigenvalue weighted by Crippen LogP contribution is -2.26. The van der Waals surface area contributed by atoms with Crippen LogP contribution in [0.25, 0.3) is 0 Å². The number of benzene rings is 1. The van der Waals surface area contributed by atoms with Crippen LogP contribution in [0, 0.1) is 12.3 Å². The van der Waals surface area contributed by atoms with Crippen molar-refractivity contribution in [2.75, 3.05) is 13.7 Å². The molecule has 1 aliphatic rings. The van der Waals surface area contributed by atoms with Crippen molar-refractivity contribution >= 4 is 11.6 Å². The maximum Gasteiger partial charge on any atom is 0.137 e. The van der Waals surface area contributed by atoms with Crippen LogP contribution in [-0.4, -0.2) is 18.8 Å². The summed E-state index contributed by atoms with van der Waals surface area (Å²) in [5.74, 6) is 0.661.